The summed E-state index contributed by atoms with van der Waals surface area (Å²) in [4.78, 5) is 19.2. The summed E-state index contributed by atoms with van der Waals surface area (Å²) in [6, 6.07) is 6.45. The zero-order valence-corrected chi connectivity index (χ0v) is 13.6. The van der Waals surface area contributed by atoms with Crippen LogP contribution < -0.4 is 0 Å². The molecule has 6 heteroatoms. The number of likely N-dealkylation sites (tertiary alicyclic amines) is 1. The van der Waals surface area contributed by atoms with Gasteiger partial charge in [-0.25, -0.2) is 9.37 Å². The van der Waals surface area contributed by atoms with Gasteiger partial charge in [0.05, 0.1) is 6.20 Å². The van der Waals surface area contributed by atoms with Crippen LogP contribution in [0.5, 0.6) is 0 Å². The molecular weight excluding hydrogens is 315 g/mol. The molecule has 1 atom stereocenters. The Hall–Kier alpha value is -1.79. The van der Waals surface area contributed by atoms with Gasteiger partial charge in [-0.05, 0) is 37.3 Å². The molecule has 1 aliphatic rings. The van der Waals surface area contributed by atoms with Crippen LogP contribution in [0.2, 0.25) is 0 Å². The van der Waals surface area contributed by atoms with Gasteiger partial charge >= 0.3 is 0 Å². The number of nitrogens with zero attached hydrogens (tertiary/aromatic N) is 2. The summed E-state index contributed by atoms with van der Waals surface area (Å²) in [5, 5.41) is 9.59. The lowest BCUT2D eigenvalue weighted by molar-refractivity contribution is 0.0658. The number of thiazole rings is 1. The van der Waals surface area contributed by atoms with E-state index in [2.05, 4.69) is 4.98 Å². The molecule has 1 N–H and O–H groups in total. The molecule has 1 aromatic heterocycles. The van der Waals surface area contributed by atoms with Gasteiger partial charge in [-0.2, -0.15) is 0 Å². The first-order chi connectivity index (χ1) is 11.2. The first-order valence-corrected chi connectivity index (χ1v) is 8.61. The number of rotatable bonds is 4. The molecule has 2 heterocycles. The molecule has 0 bridgehead atoms. The van der Waals surface area contributed by atoms with Crippen molar-refractivity contribution in [2.45, 2.75) is 19.3 Å². The fourth-order valence-electron chi connectivity index (χ4n) is 2.96. The lowest BCUT2D eigenvalue weighted by Gasteiger charge is -2.32. The second kappa shape index (κ2) is 7.19. The molecule has 0 radical (unpaired) electrons. The Kier molecular flexibility index (Phi) is 5.03. The van der Waals surface area contributed by atoms with Gasteiger partial charge in [-0.3, -0.25) is 4.79 Å². The third-order valence-corrected chi connectivity index (χ3v) is 5.18. The topological polar surface area (TPSA) is 53.4 Å². The number of hydrogen-bond acceptors (Lipinski definition) is 4. The molecule has 1 fully saturated rings. The number of hydrogen-bond donors (Lipinski definition) is 1. The van der Waals surface area contributed by atoms with E-state index in [9.17, 15) is 9.18 Å². The molecule has 0 spiro atoms. The maximum Gasteiger partial charge on any atom is 0.265 e. The Morgan fingerprint density at radius 3 is 3.04 bits per heavy atom. The summed E-state index contributed by atoms with van der Waals surface area (Å²) in [6.45, 7) is 1.56. The van der Waals surface area contributed by atoms with Crippen molar-refractivity contribution >= 4 is 17.2 Å². The largest absolute Gasteiger partial charge is 0.396 e. The first kappa shape index (κ1) is 16.1. The second-order valence-corrected chi connectivity index (χ2v) is 6.81. The standard InChI is InChI=1S/C17H19FN2O2S/c18-14-6-2-1-5-13(14)16-19-10-15(23-16)17(22)20-8-3-4-12(11-20)7-9-21/h1-2,5-6,10,12,21H,3-4,7-9,11H2. The van der Waals surface area contributed by atoms with Gasteiger partial charge in [0, 0.05) is 25.3 Å². The third-order valence-electron chi connectivity index (χ3n) is 4.16. The van der Waals surface area contributed by atoms with E-state index in [0.717, 1.165) is 25.8 Å². The smallest absolute Gasteiger partial charge is 0.265 e. The van der Waals surface area contributed by atoms with Crippen molar-refractivity contribution in [3.8, 4) is 10.6 Å². The van der Waals surface area contributed by atoms with Crippen LogP contribution in [-0.4, -0.2) is 40.6 Å². The molecule has 1 aliphatic heterocycles. The number of benzene rings is 1. The Morgan fingerprint density at radius 1 is 1.43 bits per heavy atom. The fraction of sp³-hybridized carbons (Fsp3) is 0.412. The van der Waals surface area contributed by atoms with E-state index < -0.39 is 0 Å². The van der Waals surface area contributed by atoms with Gasteiger partial charge in [-0.1, -0.05) is 12.1 Å². The van der Waals surface area contributed by atoms with E-state index in [-0.39, 0.29) is 18.3 Å². The van der Waals surface area contributed by atoms with Gasteiger partial charge in [0.15, 0.2) is 0 Å². The average Bonchev–Trinajstić information content (AvgIpc) is 3.05. The number of piperidine rings is 1. The molecule has 1 amide bonds. The van der Waals surface area contributed by atoms with Crippen molar-refractivity contribution in [2.24, 2.45) is 5.92 Å². The molecule has 0 aliphatic carbocycles. The van der Waals surface area contributed by atoms with Crippen LogP contribution in [-0.2, 0) is 0 Å². The molecule has 1 aromatic carbocycles. The first-order valence-electron chi connectivity index (χ1n) is 7.80. The van der Waals surface area contributed by atoms with Crippen LogP contribution in [0, 0.1) is 11.7 Å². The van der Waals surface area contributed by atoms with Gasteiger partial charge in [0.25, 0.3) is 5.91 Å². The Morgan fingerprint density at radius 2 is 2.26 bits per heavy atom. The minimum atomic E-state index is -0.332. The number of aliphatic hydroxyl groups excluding tert-OH is 1. The van der Waals surface area contributed by atoms with Crippen molar-refractivity contribution in [3.05, 3.63) is 41.2 Å². The molecule has 122 valence electrons. The average molecular weight is 334 g/mol. The van der Waals surface area contributed by atoms with Crippen molar-refractivity contribution in [1.29, 1.82) is 0 Å². The Bertz CT molecular complexity index is 687. The lowest BCUT2D eigenvalue weighted by Crippen LogP contribution is -2.39. The summed E-state index contributed by atoms with van der Waals surface area (Å²) in [7, 11) is 0. The molecule has 2 aromatic rings. The highest BCUT2D eigenvalue weighted by atomic mass is 32.1. The fourth-order valence-corrected chi connectivity index (χ4v) is 3.87. The molecular formula is C17H19FN2O2S. The molecule has 4 nitrogen and oxygen atoms in total. The number of carbonyl (C=O) groups is 1. The zero-order chi connectivity index (χ0) is 16.2. The number of aromatic nitrogens is 1. The predicted octanol–water partition coefficient (Wildman–Crippen LogP) is 3.18. The maximum absolute atomic E-state index is 13.8. The van der Waals surface area contributed by atoms with E-state index in [1.165, 1.54) is 23.6 Å². The van der Waals surface area contributed by atoms with Crippen molar-refractivity contribution in [2.75, 3.05) is 19.7 Å². The summed E-state index contributed by atoms with van der Waals surface area (Å²) in [6.07, 6.45) is 4.26. The third kappa shape index (κ3) is 3.59. The van der Waals surface area contributed by atoms with Crippen molar-refractivity contribution in [3.63, 3.8) is 0 Å². The number of aliphatic hydroxyl groups is 1. The molecule has 1 saturated heterocycles. The molecule has 3 rings (SSSR count). The summed E-state index contributed by atoms with van der Waals surface area (Å²) in [5.41, 5.74) is 0.424. The Balaban J connectivity index is 1.75. The number of amides is 1. The second-order valence-electron chi connectivity index (χ2n) is 5.78. The van der Waals surface area contributed by atoms with Crippen molar-refractivity contribution < 1.29 is 14.3 Å². The number of carbonyl (C=O) groups excluding carboxylic acids is 1. The van der Waals surface area contributed by atoms with E-state index in [1.54, 1.807) is 18.2 Å². The van der Waals surface area contributed by atoms with E-state index in [0.29, 0.717) is 27.9 Å². The van der Waals surface area contributed by atoms with Crippen LogP contribution in [0.1, 0.15) is 28.9 Å². The van der Waals surface area contributed by atoms with Crippen LogP contribution in [0.15, 0.2) is 30.5 Å². The van der Waals surface area contributed by atoms with Crippen molar-refractivity contribution in [1.82, 2.24) is 9.88 Å². The van der Waals surface area contributed by atoms with Gasteiger partial charge < -0.3 is 10.0 Å². The van der Waals surface area contributed by atoms with Crippen LogP contribution >= 0.6 is 11.3 Å². The van der Waals surface area contributed by atoms with Crippen LogP contribution in [0.25, 0.3) is 10.6 Å². The summed E-state index contributed by atoms with van der Waals surface area (Å²) < 4.78 is 13.8. The molecule has 1 unspecified atom stereocenters. The predicted molar refractivity (Wildman–Crippen MR) is 87.8 cm³/mol. The van der Waals surface area contributed by atoms with E-state index in [1.807, 2.05) is 4.90 Å². The van der Waals surface area contributed by atoms with Gasteiger partial charge in [0.1, 0.15) is 15.7 Å². The zero-order valence-electron chi connectivity index (χ0n) is 12.7. The highest BCUT2D eigenvalue weighted by Gasteiger charge is 2.25. The van der Waals surface area contributed by atoms with Gasteiger partial charge in [0.2, 0.25) is 0 Å². The SMILES string of the molecule is O=C(c1cnc(-c2ccccc2F)s1)N1CCCC(CCO)C1. The summed E-state index contributed by atoms with van der Waals surface area (Å²) >= 11 is 1.22. The van der Waals surface area contributed by atoms with Crippen LogP contribution in [0.3, 0.4) is 0 Å². The van der Waals surface area contributed by atoms with Gasteiger partial charge in [-0.15, -0.1) is 11.3 Å². The minimum Gasteiger partial charge on any atom is -0.396 e. The van der Waals surface area contributed by atoms with Crippen LogP contribution in [0.4, 0.5) is 4.39 Å². The number of halogens is 1. The highest BCUT2D eigenvalue weighted by Crippen LogP contribution is 2.29. The van der Waals surface area contributed by atoms with E-state index in [4.69, 9.17) is 5.11 Å². The Labute approximate surface area is 138 Å². The lowest BCUT2D eigenvalue weighted by atomic mass is 9.95. The van der Waals surface area contributed by atoms with E-state index >= 15 is 0 Å². The quantitative estimate of drug-likeness (QED) is 0.934. The molecule has 0 saturated carbocycles. The highest BCUT2D eigenvalue weighted by molar-refractivity contribution is 7.16. The maximum atomic E-state index is 13.8. The monoisotopic (exact) mass is 334 g/mol. The normalized spacial score (nSPS) is 18.2. The minimum absolute atomic E-state index is 0.0484. The summed E-state index contributed by atoms with van der Waals surface area (Å²) in [5.74, 6) is -0.0220. The molecule has 23 heavy (non-hydrogen) atoms.